The van der Waals surface area contributed by atoms with E-state index < -0.39 is 23.9 Å². The number of β-lactam (4-membered cyclic amide) rings is 1. The van der Waals surface area contributed by atoms with E-state index in [1.165, 1.54) is 0 Å². The van der Waals surface area contributed by atoms with Crippen molar-refractivity contribution in [2.24, 2.45) is 0 Å². The molecule has 0 unspecified atom stereocenters. The van der Waals surface area contributed by atoms with Gasteiger partial charge in [0.15, 0.2) is 0 Å². The van der Waals surface area contributed by atoms with Gasteiger partial charge in [-0.15, -0.1) is 0 Å². The molecule has 3 aromatic rings. The van der Waals surface area contributed by atoms with Crippen molar-refractivity contribution in [3.8, 4) is 5.75 Å². The Morgan fingerprint density at radius 1 is 0.750 bits per heavy atom. The van der Waals surface area contributed by atoms with Crippen molar-refractivity contribution in [2.75, 3.05) is 12.0 Å². The van der Waals surface area contributed by atoms with Crippen molar-refractivity contribution in [2.45, 2.75) is 25.9 Å². The van der Waals surface area contributed by atoms with E-state index in [-0.39, 0.29) is 5.91 Å². The highest BCUT2D eigenvalue weighted by Gasteiger charge is 2.57. The van der Waals surface area contributed by atoms with Gasteiger partial charge in [-0.3, -0.25) is 19.3 Å². The standard InChI is InChI=1S/C26H22N2O4/c1-15-11-12-21(16(2)13-15)27-22(17-7-6-8-18(14-17)32-3)23(26(27)31)28-24(29)19-9-4-5-10-20(19)25(28)30/h4-14,22-23H,1-3H3/t22-,23+/m0/s1. The Morgan fingerprint density at radius 2 is 1.44 bits per heavy atom. The minimum Gasteiger partial charge on any atom is -0.497 e. The van der Waals surface area contributed by atoms with Crippen LogP contribution in [-0.2, 0) is 4.79 Å². The summed E-state index contributed by atoms with van der Waals surface area (Å²) in [5, 5.41) is 0. The number of hydrogen-bond donors (Lipinski definition) is 0. The molecule has 5 rings (SSSR count). The van der Waals surface area contributed by atoms with E-state index in [2.05, 4.69) is 0 Å². The van der Waals surface area contributed by atoms with Gasteiger partial charge < -0.3 is 9.64 Å². The van der Waals surface area contributed by atoms with Crippen LogP contribution in [0.1, 0.15) is 43.4 Å². The Balaban J connectivity index is 1.62. The van der Waals surface area contributed by atoms with E-state index in [0.29, 0.717) is 16.9 Å². The molecule has 2 heterocycles. The van der Waals surface area contributed by atoms with Gasteiger partial charge in [0.1, 0.15) is 11.8 Å². The molecule has 6 nitrogen and oxygen atoms in total. The van der Waals surface area contributed by atoms with Gasteiger partial charge in [0.2, 0.25) is 0 Å². The highest BCUT2D eigenvalue weighted by Crippen LogP contribution is 2.45. The molecule has 160 valence electrons. The van der Waals surface area contributed by atoms with Crippen LogP contribution < -0.4 is 9.64 Å². The van der Waals surface area contributed by atoms with Gasteiger partial charge >= 0.3 is 0 Å². The molecular formula is C26H22N2O4. The molecule has 0 N–H and O–H groups in total. The molecule has 0 bridgehead atoms. The molecule has 2 atom stereocenters. The Kier molecular flexibility index (Phi) is 4.59. The molecule has 1 fully saturated rings. The van der Waals surface area contributed by atoms with E-state index in [1.54, 1.807) is 36.3 Å². The molecule has 1 saturated heterocycles. The molecule has 0 spiro atoms. The topological polar surface area (TPSA) is 66.9 Å². The van der Waals surface area contributed by atoms with Crippen molar-refractivity contribution in [1.82, 2.24) is 4.90 Å². The van der Waals surface area contributed by atoms with E-state index >= 15 is 0 Å². The zero-order valence-corrected chi connectivity index (χ0v) is 18.0. The molecule has 0 aliphatic carbocycles. The van der Waals surface area contributed by atoms with Crippen LogP contribution in [0.4, 0.5) is 5.69 Å². The van der Waals surface area contributed by atoms with Crippen molar-refractivity contribution in [1.29, 1.82) is 0 Å². The van der Waals surface area contributed by atoms with Crippen LogP contribution in [0.5, 0.6) is 5.75 Å². The highest BCUT2D eigenvalue weighted by molar-refractivity contribution is 6.24. The molecular weight excluding hydrogens is 404 g/mol. The Hall–Kier alpha value is -3.93. The average molecular weight is 426 g/mol. The van der Waals surface area contributed by atoms with Crippen molar-refractivity contribution in [3.05, 3.63) is 94.5 Å². The van der Waals surface area contributed by atoms with Gasteiger partial charge in [-0.2, -0.15) is 0 Å². The smallest absolute Gasteiger partial charge is 0.262 e. The second-order valence-corrected chi connectivity index (χ2v) is 8.19. The van der Waals surface area contributed by atoms with Gasteiger partial charge in [0, 0.05) is 5.69 Å². The summed E-state index contributed by atoms with van der Waals surface area (Å²) < 4.78 is 5.38. The molecule has 2 aliphatic heterocycles. The first-order valence-corrected chi connectivity index (χ1v) is 10.4. The normalized spacial score (nSPS) is 19.8. The summed E-state index contributed by atoms with van der Waals surface area (Å²) in [6, 6.07) is 18.5. The zero-order chi connectivity index (χ0) is 22.6. The first-order valence-electron chi connectivity index (χ1n) is 10.4. The van der Waals surface area contributed by atoms with Crippen molar-refractivity contribution < 1.29 is 19.1 Å². The minimum atomic E-state index is -0.921. The first kappa shape index (κ1) is 20.0. The number of carbonyl (C=O) groups is 3. The lowest BCUT2D eigenvalue weighted by Crippen LogP contribution is -2.67. The molecule has 6 heteroatoms. The number of methoxy groups -OCH3 is 1. The van der Waals surface area contributed by atoms with Crippen LogP contribution in [0.2, 0.25) is 0 Å². The van der Waals surface area contributed by atoms with Crippen molar-refractivity contribution in [3.63, 3.8) is 0 Å². The summed E-state index contributed by atoms with van der Waals surface area (Å²) in [6.07, 6.45) is 0. The molecule has 3 aromatic carbocycles. The summed E-state index contributed by atoms with van der Waals surface area (Å²) in [5.74, 6) is -0.503. The number of nitrogens with zero attached hydrogens (tertiary/aromatic N) is 2. The Bertz CT molecular complexity index is 1250. The van der Waals surface area contributed by atoms with E-state index in [0.717, 1.165) is 27.3 Å². The quantitative estimate of drug-likeness (QED) is 0.466. The fraction of sp³-hybridized carbons (Fsp3) is 0.192. The summed E-state index contributed by atoms with van der Waals surface area (Å²) in [6.45, 7) is 3.95. The third-order valence-electron chi connectivity index (χ3n) is 6.22. The molecule has 0 aromatic heterocycles. The number of anilines is 1. The lowest BCUT2D eigenvalue weighted by Gasteiger charge is -2.50. The molecule has 0 saturated carbocycles. The summed E-state index contributed by atoms with van der Waals surface area (Å²) in [4.78, 5) is 42.6. The van der Waals surface area contributed by atoms with Crippen LogP contribution >= 0.6 is 0 Å². The van der Waals surface area contributed by atoms with Crippen molar-refractivity contribution >= 4 is 23.4 Å². The number of benzene rings is 3. The number of imide groups is 1. The molecule has 32 heavy (non-hydrogen) atoms. The van der Waals surface area contributed by atoms with E-state index in [1.807, 2.05) is 56.3 Å². The second-order valence-electron chi connectivity index (χ2n) is 8.19. The first-order chi connectivity index (χ1) is 15.4. The summed E-state index contributed by atoms with van der Waals surface area (Å²) >= 11 is 0. The van der Waals surface area contributed by atoms with Gasteiger partial charge in [-0.1, -0.05) is 42.0 Å². The third kappa shape index (κ3) is 2.83. The third-order valence-corrected chi connectivity index (χ3v) is 6.22. The molecule has 0 radical (unpaired) electrons. The maximum atomic E-state index is 13.5. The average Bonchev–Trinajstić information content (AvgIpc) is 3.04. The Labute approximate surface area is 186 Å². The number of amides is 3. The largest absolute Gasteiger partial charge is 0.497 e. The Morgan fingerprint density at radius 3 is 2.06 bits per heavy atom. The van der Waals surface area contributed by atoms with Crippen LogP contribution in [-0.4, -0.2) is 35.8 Å². The SMILES string of the molecule is COc1cccc([C@H]2[C@@H](N3C(=O)c4ccccc4C3=O)C(=O)N2c2ccc(C)cc2C)c1. The van der Waals surface area contributed by atoms with Crippen LogP contribution in [0, 0.1) is 13.8 Å². The zero-order valence-electron chi connectivity index (χ0n) is 18.0. The number of aryl methyl sites for hydroxylation is 2. The number of hydrogen-bond acceptors (Lipinski definition) is 4. The second kappa shape index (κ2) is 7.34. The maximum Gasteiger partial charge on any atom is 0.262 e. The van der Waals surface area contributed by atoms with Crippen LogP contribution in [0.15, 0.2) is 66.7 Å². The van der Waals surface area contributed by atoms with Gasteiger partial charge in [-0.25, -0.2) is 0 Å². The summed E-state index contributed by atoms with van der Waals surface area (Å²) in [5.41, 5.74) is 4.27. The number of rotatable bonds is 4. The molecule has 2 aliphatic rings. The lowest BCUT2D eigenvalue weighted by atomic mass is 9.85. The van der Waals surface area contributed by atoms with Gasteiger partial charge in [-0.05, 0) is 55.3 Å². The van der Waals surface area contributed by atoms with Crippen LogP contribution in [0.3, 0.4) is 0 Å². The predicted octanol–water partition coefficient (Wildman–Crippen LogP) is 4.06. The number of carbonyl (C=O) groups excluding carboxylic acids is 3. The van der Waals surface area contributed by atoms with Gasteiger partial charge in [0.25, 0.3) is 17.7 Å². The fourth-order valence-electron chi connectivity index (χ4n) is 4.69. The summed E-state index contributed by atoms with van der Waals surface area (Å²) in [7, 11) is 1.58. The highest BCUT2D eigenvalue weighted by atomic mass is 16.5. The van der Waals surface area contributed by atoms with Crippen LogP contribution in [0.25, 0.3) is 0 Å². The predicted molar refractivity (Wildman–Crippen MR) is 120 cm³/mol. The number of fused-ring (bicyclic) bond motifs is 1. The lowest BCUT2D eigenvalue weighted by molar-refractivity contribution is -0.130. The maximum absolute atomic E-state index is 13.5. The molecule has 3 amide bonds. The monoisotopic (exact) mass is 426 g/mol. The minimum absolute atomic E-state index is 0.278. The number of ether oxygens (including phenoxy) is 1. The fourth-order valence-corrected chi connectivity index (χ4v) is 4.69. The van der Waals surface area contributed by atoms with E-state index in [9.17, 15) is 14.4 Å². The van der Waals surface area contributed by atoms with E-state index in [4.69, 9.17) is 4.74 Å². The van der Waals surface area contributed by atoms with Gasteiger partial charge in [0.05, 0.1) is 24.3 Å².